The zero-order valence-electron chi connectivity index (χ0n) is 14.9. The number of ether oxygens (including phenoxy) is 1. The summed E-state index contributed by atoms with van der Waals surface area (Å²) < 4.78 is 6.87. The fourth-order valence-corrected chi connectivity index (χ4v) is 3.52. The molecule has 1 aliphatic rings. The third kappa shape index (κ3) is 4.83. The fraction of sp³-hybridized carbons (Fsp3) is 0.706. The Balaban J connectivity index is 1.99. The molecule has 0 spiro atoms. The van der Waals surface area contributed by atoms with E-state index >= 15 is 0 Å². The maximum Gasteiger partial charge on any atom is 0.254 e. The van der Waals surface area contributed by atoms with E-state index in [2.05, 4.69) is 10.3 Å². The van der Waals surface area contributed by atoms with Crippen LogP contribution in [0.15, 0.2) is 16.0 Å². The molecule has 7 heteroatoms. The van der Waals surface area contributed by atoms with Crippen LogP contribution in [0.1, 0.15) is 39.8 Å². The molecule has 1 aromatic heterocycles. The Bertz CT molecular complexity index is 637. The molecule has 24 heavy (non-hydrogen) atoms. The molecule has 6 nitrogen and oxygen atoms in total. The van der Waals surface area contributed by atoms with Crippen LogP contribution in [0.25, 0.3) is 0 Å². The van der Waals surface area contributed by atoms with Gasteiger partial charge >= 0.3 is 0 Å². The molecule has 1 aliphatic heterocycles. The molecule has 0 saturated heterocycles. The normalized spacial score (nSPS) is 17.4. The van der Waals surface area contributed by atoms with E-state index in [-0.39, 0.29) is 22.8 Å². The molecule has 0 aromatic carbocycles. The molecule has 2 heterocycles. The third-order valence-electron chi connectivity index (χ3n) is 3.90. The molecule has 0 fully saturated rings. The molecular weight excluding hydrogens is 326 g/mol. The first-order chi connectivity index (χ1) is 11.3. The van der Waals surface area contributed by atoms with E-state index in [9.17, 15) is 9.59 Å². The Labute approximate surface area is 147 Å². The smallest absolute Gasteiger partial charge is 0.254 e. The van der Waals surface area contributed by atoms with Crippen molar-refractivity contribution in [3.8, 4) is 0 Å². The topological polar surface area (TPSA) is 73.2 Å². The summed E-state index contributed by atoms with van der Waals surface area (Å²) in [6.07, 6.45) is 0.798. The Kier molecular flexibility index (Phi) is 6.46. The van der Waals surface area contributed by atoms with Gasteiger partial charge in [-0.1, -0.05) is 32.5 Å². The Morgan fingerprint density at radius 2 is 2.25 bits per heavy atom. The standard InChI is InChI=1S/C17H27N3O3S/c1-5-23-8-6-7-18-15(22)12-10-20-14(21)9-13(17(2,3)4)19-16(20)24-11-12/h9,12H,5-8,10-11H2,1-4H3,(H,18,22). The molecule has 1 atom stereocenters. The van der Waals surface area contributed by atoms with Gasteiger partial charge in [-0.2, -0.15) is 0 Å². The van der Waals surface area contributed by atoms with Crippen molar-refractivity contribution in [2.45, 2.75) is 51.2 Å². The maximum atomic E-state index is 12.4. The second-order valence-electron chi connectivity index (χ2n) is 6.97. The number of nitrogens with one attached hydrogen (secondary N) is 1. The highest BCUT2D eigenvalue weighted by Crippen LogP contribution is 2.27. The summed E-state index contributed by atoms with van der Waals surface area (Å²) in [6.45, 7) is 10.4. The largest absolute Gasteiger partial charge is 0.382 e. The summed E-state index contributed by atoms with van der Waals surface area (Å²) in [5.74, 6) is 0.447. The Morgan fingerprint density at radius 3 is 2.92 bits per heavy atom. The quantitative estimate of drug-likeness (QED) is 0.624. The monoisotopic (exact) mass is 353 g/mol. The average molecular weight is 353 g/mol. The van der Waals surface area contributed by atoms with Crippen molar-refractivity contribution in [3.63, 3.8) is 0 Å². The highest BCUT2D eigenvalue weighted by Gasteiger charge is 2.28. The molecule has 1 amide bonds. The number of amides is 1. The molecule has 0 bridgehead atoms. The number of nitrogens with zero attached hydrogens (tertiary/aromatic N) is 2. The molecule has 1 N–H and O–H groups in total. The second-order valence-corrected chi connectivity index (χ2v) is 7.96. The molecule has 1 aromatic rings. The van der Waals surface area contributed by atoms with Gasteiger partial charge in [0.1, 0.15) is 0 Å². The van der Waals surface area contributed by atoms with Gasteiger partial charge in [0, 0.05) is 43.5 Å². The first-order valence-corrected chi connectivity index (χ1v) is 9.42. The van der Waals surface area contributed by atoms with Crippen LogP contribution in [0, 0.1) is 5.92 Å². The van der Waals surface area contributed by atoms with Crippen molar-refractivity contribution in [1.82, 2.24) is 14.9 Å². The van der Waals surface area contributed by atoms with Crippen LogP contribution in [0.5, 0.6) is 0 Å². The minimum atomic E-state index is -0.199. The Morgan fingerprint density at radius 1 is 1.50 bits per heavy atom. The van der Waals surface area contributed by atoms with Crippen molar-refractivity contribution in [2.75, 3.05) is 25.5 Å². The molecule has 134 valence electrons. The zero-order chi connectivity index (χ0) is 17.7. The van der Waals surface area contributed by atoms with Gasteiger partial charge in [-0.05, 0) is 13.3 Å². The van der Waals surface area contributed by atoms with Gasteiger partial charge in [-0.25, -0.2) is 4.98 Å². The van der Waals surface area contributed by atoms with Crippen LogP contribution >= 0.6 is 11.8 Å². The molecule has 0 radical (unpaired) electrons. The lowest BCUT2D eigenvalue weighted by Gasteiger charge is -2.26. The third-order valence-corrected chi connectivity index (χ3v) is 5.04. The van der Waals surface area contributed by atoms with Gasteiger partial charge in [0.25, 0.3) is 5.56 Å². The van der Waals surface area contributed by atoms with E-state index in [0.29, 0.717) is 37.2 Å². The molecular formula is C17H27N3O3S. The highest BCUT2D eigenvalue weighted by molar-refractivity contribution is 7.99. The number of aromatic nitrogens is 2. The van der Waals surface area contributed by atoms with Crippen molar-refractivity contribution in [2.24, 2.45) is 5.92 Å². The van der Waals surface area contributed by atoms with Crippen molar-refractivity contribution in [1.29, 1.82) is 0 Å². The summed E-state index contributed by atoms with van der Waals surface area (Å²) in [5.41, 5.74) is 0.556. The van der Waals surface area contributed by atoms with Crippen LogP contribution < -0.4 is 10.9 Å². The number of thioether (sulfide) groups is 1. The minimum absolute atomic E-state index is 0.00329. The summed E-state index contributed by atoms with van der Waals surface area (Å²) in [6, 6.07) is 1.59. The molecule has 1 unspecified atom stereocenters. The number of carbonyl (C=O) groups is 1. The van der Waals surface area contributed by atoms with Gasteiger partial charge in [0.05, 0.1) is 11.6 Å². The van der Waals surface area contributed by atoms with Crippen LogP contribution in [0.3, 0.4) is 0 Å². The summed E-state index contributed by atoms with van der Waals surface area (Å²) in [4.78, 5) is 29.3. The first-order valence-electron chi connectivity index (χ1n) is 8.43. The van der Waals surface area contributed by atoms with E-state index in [1.165, 1.54) is 11.8 Å². The zero-order valence-corrected chi connectivity index (χ0v) is 15.7. The number of rotatable bonds is 6. The predicted molar refractivity (Wildman–Crippen MR) is 95.5 cm³/mol. The molecule has 0 aliphatic carbocycles. The van der Waals surface area contributed by atoms with Crippen LogP contribution in [0.4, 0.5) is 0 Å². The number of carbonyl (C=O) groups excluding carboxylic acids is 1. The SMILES string of the molecule is CCOCCCNC(=O)C1CSc2nc(C(C)(C)C)cc(=O)n2C1. The van der Waals surface area contributed by atoms with Crippen molar-refractivity contribution < 1.29 is 9.53 Å². The van der Waals surface area contributed by atoms with Crippen molar-refractivity contribution >= 4 is 17.7 Å². The number of fused-ring (bicyclic) bond motifs is 1. The summed E-state index contributed by atoms with van der Waals surface area (Å²) >= 11 is 1.48. The average Bonchev–Trinajstić information content (AvgIpc) is 2.53. The van der Waals surface area contributed by atoms with Crippen LogP contribution in [-0.2, 0) is 21.5 Å². The highest BCUT2D eigenvalue weighted by atomic mass is 32.2. The van der Waals surface area contributed by atoms with Gasteiger partial charge < -0.3 is 10.1 Å². The maximum absolute atomic E-state index is 12.4. The van der Waals surface area contributed by atoms with E-state index in [1.807, 2.05) is 27.7 Å². The fourth-order valence-electron chi connectivity index (χ4n) is 2.43. The van der Waals surface area contributed by atoms with E-state index in [0.717, 1.165) is 12.1 Å². The lowest BCUT2D eigenvalue weighted by Crippen LogP contribution is -2.40. The summed E-state index contributed by atoms with van der Waals surface area (Å²) in [5, 5.41) is 3.64. The Hall–Kier alpha value is -1.34. The first kappa shape index (κ1) is 19.0. The molecule has 2 rings (SSSR count). The van der Waals surface area contributed by atoms with E-state index in [1.54, 1.807) is 10.6 Å². The lowest BCUT2D eigenvalue weighted by atomic mass is 9.92. The van der Waals surface area contributed by atoms with Gasteiger partial charge in [-0.15, -0.1) is 0 Å². The predicted octanol–water partition coefficient (Wildman–Crippen LogP) is 1.81. The van der Waals surface area contributed by atoms with Gasteiger partial charge in [0.2, 0.25) is 5.91 Å². The second kappa shape index (κ2) is 8.16. The molecule has 0 saturated carbocycles. The minimum Gasteiger partial charge on any atom is -0.382 e. The van der Waals surface area contributed by atoms with E-state index < -0.39 is 0 Å². The van der Waals surface area contributed by atoms with Gasteiger partial charge in [0.15, 0.2) is 5.16 Å². The number of hydrogen-bond acceptors (Lipinski definition) is 5. The van der Waals surface area contributed by atoms with Crippen LogP contribution in [-0.4, -0.2) is 41.0 Å². The van der Waals surface area contributed by atoms with Gasteiger partial charge in [-0.3, -0.25) is 14.2 Å². The van der Waals surface area contributed by atoms with Crippen molar-refractivity contribution in [3.05, 3.63) is 22.1 Å². The lowest BCUT2D eigenvalue weighted by molar-refractivity contribution is -0.124. The number of hydrogen-bond donors (Lipinski definition) is 1. The van der Waals surface area contributed by atoms with Crippen LogP contribution in [0.2, 0.25) is 0 Å². The summed E-state index contributed by atoms with van der Waals surface area (Å²) in [7, 11) is 0. The van der Waals surface area contributed by atoms with E-state index in [4.69, 9.17) is 4.74 Å².